The Morgan fingerprint density at radius 1 is 1.19 bits per heavy atom. The lowest BCUT2D eigenvalue weighted by molar-refractivity contribution is 0.374. The number of hydrogen-bond donors (Lipinski definition) is 1. The molecule has 2 atom stereocenters. The second kappa shape index (κ2) is 8.74. The van der Waals surface area contributed by atoms with Crippen LogP contribution in [0, 0.1) is 18.8 Å². The van der Waals surface area contributed by atoms with E-state index in [0.29, 0.717) is 34.9 Å². The Morgan fingerprint density at radius 3 is 2.69 bits per heavy atom. The molecule has 2 fully saturated rings. The summed E-state index contributed by atoms with van der Waals surface area (Å²) >= 11 is 6.18. The van der Waals surface area contributed by atoms with Crippen LogP contribution in [-0.4, -0.2) is 43.9 Å². The largest absolute Gasteiger partial charge is 0.423 e. The molecule has 2 aliphatic rings. The Morgan fingerprint density at radius 2 is 1.97 bits per heavy atom. The van der Waals surface area contributed by atoms with E-state index < -0.39 is 0 Å². The van der Waals surface area contributed by atoms with Gasteiger partial charge in [0.05, 0.1) is 11.2 Å². The molecule has 1 saturated heterocycles. The van der Waals surface area contributed by atoms with Crippen molar-refractivity contribution in [1.29, 1.82) is 0 Å². The summed E-state index contributed by atoms with van der Waals surface area (Å²) in [7, 11) is 0. The molecule has 8 nitrogen and oxygen atoms in total. The Hall–Kier alpha value is -3.20. The van der Waals surface area contributed by atoms with Crippen molar-refractivity contribution in [3.05, 3.63) is 53.7 Å². The smallest absolute Gasteiger partial charge is 0.326 e. The number of rotatable bonds is 6. The van der Waals surface area contributed by atoms with E-state index in [0.717, 1.165) is 43.6 Å². The monoisotopic (exact) mass is 455 g/mol. The van der Waals surface area contributed by atoms with Crippen LogP contribution in [0.5, 0.6) is 11.8 Å². The summed E-state index contributed by atoms with van der Waals surface area (Å²) < 4.78 is 20.0. The van der Waals surface area contributed by atoms with E-state index in [1.165, 1.54) is 4.68 Å². The molecule has 5 rings (SSSR count). The van der Waals surface area contributed by atoms with Gasteiger partial charge in [-0.25, -0.2) is 14.4 Å². The van der Waals surface area contributed by atoms with Gasteiger partial charge in [0.2, 0.25) is 5.95 Å². The van der Waals surface area contributed by atoms with Crippen LogP contribution in [0.15, 0.2) is 43.0 Å². The topological polar surface area (TPSA) is 81.0 Å². The number of benzene rings is 1. The first-order valence-electron chi connectivity index (χ1n) is 10.6. The van der Waals surface area contributed by atoms with E-state index in [4.69, 9.17) is 16.3 Å². The van der Waals surface area contributed by atoms with Gasteiger partial charge in [-0.1, -0.05) is 23.7 Å². The van der Waals surface area contributed by atoms with Crippen molar-refractivity contribution in [2.24, 2.45) is 11.8 Å². The first kappa shape index (κ1) is 20.7. The number of aryl methyl sites for hydroxylation is 1. The third kappa shape index (κ3) is 4.12. The average Bonchev–Trinajstić information content (AvgIpc) is 3.25. The SMILES string of the molecule is Cc1cc(N2CC3CCC(C2)C3Nc2nc(Oc3ccccc3Cl)n(/C=C/F)n2)ncn1. The zero-order chi connectivity index (χ0) is 22.1. The van der Waals surface area contributed by atoms with E-state index in [1.54, 1.807) is 30.6 Å². The number of ether oxygens (including phenoxy) is 1. The molecule has 0 radical (unpaired) electrons. The first-order valence-corrected chi connectivity index (χ1v) is 10.9. The van der Waals surface area contributed by atoms with Gasteiger partial charge in [0.15, 0.2) is 0 Å². The predicted molar refractivity (Wildman–Crippen MR) is 121 cm³/mol. The number of nitrogens with one attached hydrogen (secondary N) is 1. The molecule has 10 heteroatoms. The second-order valence-corrected chi connectivity index (χ2v) is 8.57. The van der Waals surface area contributed by atoms with Gasteiger partial charge in [-0.05, 0) is 43.7 Å². The third-order valence-electron chi connectivity index (χ3n) is 6.08. The van der Waals surface area contributed by atoms with Crippen molar-refractivity contribution in [2.45, 2.75) is 25.8 Å². The Kier molecular flexibility index (Phi) is 5.65. The van der Waals surface area contributed by atoms with Gasteiger partial charge in [-0.2, -0.15) is 9.67 Å². The summed E-state index contributed by atoms with van der Waals surface area (Å²) in [5, 5.41) is 8.28. The summed E-state index contributed by atoms with van der Waals surface area (Å²) in [5.74, 6) is 2.66. The molecular weight excluding hydrogens is 433 g/mol. The van der Waals surface area contributed by atoms with Gasteiger partial charge in [0, 0.05) is 30.9 Å². The van der Waals surface area contributed by atoms with Crippen LogP contribution >= 0.6 is 11.6 Å². The third-order valence-corrected chi connectivity index (χ3v) is 6.39. The fraction of sp³-hybridized carbons (Fsp3) is 0.364. The van der Waals surface area contributed by atoms with E-state index in [-0.39, 0.29) is 12.1 Å². The first-order chi connectivity index (χ1) is 15.6. The fourth-order valence-corrected chi connectivity index (χ4v) is 4.80. The van der Waals surface area contributed by atoms with Crippen LogP contribution in [0.4, 0.5) is 16.2 Å². The normalized spacial score (nSPS) is 22.5. The minimum absolute atomic E-state index is 0.135. The van der Waals surface area contributed by atoms with Crippen molar-refractivity contribution in [2.75, 3.05) is 23.3 Å². The van der Waals surface area contributed by atoms with E-state index in [9.17, 15) is 4.39 Å². The lowest BCUT2D eigenvalue weighted by Crippen LogP contribution is -2.48. The van der Waals surface area contributed by atoms with Crippen LogP contribution < -0.4 is 15.0 Å². The summed E-state index contributed by atoms with van der Waals surface area (Å²) in [6, 6.07) is 9.43. The van der Waals surface area contributed by atoms with Crippen molar-refractivity contribution in [3.63, 3.8) is 0 Å². The lowest BCUT2D eigenvalue weighted by atomic mass is 9.92. The quantitative estimate of drug-likeness (QED) is 0.584. The minimum atomic E-state index is 0.135. The van der Waals surface area contributed by atoms with E-state index in [2.05, 4.69) is 30.3 Å². The van der Waals surface area contributed by atoms with Gasteiger partial charge in [0.1, 0.15) is 24.2 Å². The number of anilines is 2. The molecule has 0 amide bonds. The predicted octanol–water partition coefficient (Wildman–Crippen LogP) is 4.55. The molecule has 1 aliphatic heterocycles. The van der Waals surface area contributed by atoms with Crippen molar-refractivity contribution >= 4 is 29.6 Å². The molecule has 2 aromatic heterocycles. The Bertz CT molecular complexity index is 1120. The lowest BCUT2D eigenvalue weighted by Gasteiger charge is -2.38. The fourth-order valence-electron chi connectivity index (χ4n) is 4.62. The van der Waals surface area contributed by atoms with Gasteiger partial charge < -0.3 is 15.0 Å². The molecule has 2 bridgehead atoms. The summed E-state index contributed by atoms with van der Waals surface area (Å²) in [6.45, 7) is 3.78. The molecule has 32 heavy (non-hydrogen) atoms. The molecule has 0 spiro atoms. The standard InChI is InChI=1S/C22H23ClFN7O/c1-14-10-19(26-13-25-14)30-11-15-6-7-16(12-30)20(15)27-21-28-22(31(29-21)9-8-24)32-18-5-3-2-4-17(18)23/h2-5,8-10,13,15-16,20H,6-7,11-12H2,1H3,(H,27,29)/b9-8+. The highest BCUT2D eigenvalue weighted by atomic mass is 35.5. The van der Waals surface area contributed by atoms with Gasteiger partial charge >= 0.3 is 6.01 Å². The molecule has 166 valence electrons. The molecular formula is C22H23ClFN7O. The average molecular weight is 456 g/mol. The molecule has 1 N–H and O–H groups in total. The number of halogens is 2. The number of hydrogen-bond acceptors (Lipinski definition) is 7. The highest BCUT2D eigenvalue weighted by Gasteiger charge is 2.43. The maximum Gasteiger partial charge on any atom is 0.326 e. The highest BCUT2D eigenvalue weighted by molar-refractivity contribution is 6.32. The summed E-state index contributed by atoms with van der Waals surface area (Å²) in [4.78, 5) is 15.4. The van der Waals surface area contributed by atoms with E-state index >= 15 is 0 Å². The van der Waals surface area contributed by atoms with Crippen molar-refractivity contribution < 1.29 is 9.13 Å². The van der Waals surface area contributed by atoms with Gasteiger partial charge in [0.25, 0.3) is 0 Å². The molecule has 1 aromatic carbocycles. The van der Waals surface area contributed by atoms with Crippen LogP contribution in [0.1, 0.15) is 18.5 Å². The number of nitrogens with zero attached hydrogens (tertiary/aromatic N) is 6. The van der Waals surface area contributed by atoms with Crippen molar-refractivity contribution in [1.82, 2.24) is 24.7 Å². The Labute approximate surface area is 190 Å². The number of piperidine rings is 1. The Balaban J connectivity index is 1.33. The maximum atomic E-state index is 12.9. The van der Waals surface area contributed by atoms with Crippen LogP contribution in [-0.2, 0) is 0 Å². The molecule has 3 heterocycles. The summed E-state index contributed by atoms with van der Waals surface area (Å²) in [5.41, 5.74) is 0.962. The molecule has 1 aliphatic carbocycles. The van der Waals surface area contributed by atoms with Crippen LogP contribution in [0.3, 0.4) is 0 Å². The number of fused-ring (bicyclic) bond motifs is 2. The second-order valence-electron chi connectivity index (χ2n) is 8.16. The highest BCUT2D eigenvalue weighted by Crippen LogP contribution is 2.40. The molecule has 1 saturated carbocycles. The molecule has 2 unspecified atom stereocenters. The van der Waals surface area contributed by atoms with E-state index in [1.807, 2.05) is 13.0 Å². The van der Waals surface area contributed by atoms with Crippen LogP contribution in [0.25, 0.3) is 6.20 Å². The molecule has 3 aromatic rings. The summed E-state index contributed by atoms with van der Waals surface area (Å²) in [6.07, 6.45) is 5.41. The van der Waals surface area contributed by atoms with Gasteiger partial charge in [-0.3, -0.25) is 0 Å². The zero-order valence-corrected chi connectivity index (χ0v) is 18.3. The minimum Gasteiger partial charge on any atom is -0.423 e. The zero-order valence-electron chi connectivity index (χ0n) is 17.5. The van der Waals surface area contributed by atoms with Crippen molar-refractivity contribution in [3.8, 4) is 11.8 Å². The van der Waals surface area contributed by atoms with Crippen LogP contribution in [0.2, 0.25) is 5.02 Å². The van der Waals surface area contributed by atoms with Gasteiger partial charge in [-0.15, -0.1) is 5.10 Å². The number of para-hydroxylation sites is 1. The number of aromatic nitrogens is 5. The maximum absolute atomic E-state index is 12.9.